The van der Waals surface area contributed by atoms with E-state index in [4.69, 9.17) is 5.73 Å². The number of nitrogens with two attached hydrogens (primary N) is 1. The average molecular weight is 229 g/mol. The zero-order valence-electron chi connectivity index (χ0n) is 9.96. The molecule has 0 aliphatic carbocycles. The molecule has 2 aromatic heterocycles. The van der Waals surface area contributed by atoms with Gasteiger partial charge in [-0.05, 0) is 26.0 Å². The van der Waals surface area contributed by atoms with Crippen LogP contribution in [-0.4, -0.2) is 26.0 Å². The van der Waals surface area contributed by atoms with Crippen LogP contribution in [-0.2, 0) is 6.42 Å². The monoisotopic (exact) mass is 229 g/mol. The third-order valence-corrected chi connectivity index (χ3v) is 2.25. The highest BCUT2D eigenvalue weighted by Crippen LogP contribution is 2.11. The fourth-order valence-corrected chi connectivity index (χ4v) is 1.54. The van der Waals surface area contributed by atoms with Crippen LogP contribution in [0.5, 0.6) is 0 Å². The second-order valence-electron chi connectivity index (χ2n) is 4.04. The van der Waals surface area contributed by atoms with Crippen molar-refractivity contribution in [1.82, 2.24) is 19.9 Å². The van der Waals surface area contributed by atoms with Gasteiger partial charge in [0, 0.05) is 30.6 Å². The molecule has 1 atom stereocenters. The summed E-state index contributed by atoms with van der Waals surface area (Å²) < 4.78 is 0. The van der Waals surface area contributed by atoms with Crippen molar-refractivity contribution < 1.29 is 0 Å². The largest absolute Gasteiger partial charge is 0.328 e. The van der Waals surface area contributed by atoms with E-state index in [0.717, 1.165) is 17.8 Å². The maximum absolute atomic E-state index is 5.75. The first-order valence-electron chi connectivity index (χ1n) is 5.52. The second kappa shape index (κ2) is 4.97. The van der Waals surface area contributed by atoms with Crippen molar-refractivity contribution >= 4 is 0 Å². The summed E-state index contributed by atoms with van der Waals surface area (Å²) >= 11 is 0. The molecule has 2 rings (SSSR count). The molecule has 2 aromatic rings. The SMILES string of the molecule is Cc1nccc(-c2nccc(CC(C)N)n2)n1. The molecule has 0 aromatic carbocycles. The van der Waals surface area contributed by atoms with Crippen molar-refractivity contribution in [2.45, 2.75) is 26.3 Å². The van der Waals surface area contributed by atoms with E-state index in [2.05, 4.69) is 19.9 Å². The molecule has 0 aliphatic heterocycles. The maximum atomic E-state index is 5.75. The summed E-state index contributed by atoms with van der Waals surface area (Å²) in [5, 5.41) is 0. The summed E-state index contributed by atoms with van der Waals surface area (Å²) in [6.07, 6.45) is 4.18. The Morgan fingerprint density at radius 3 is 2.65 bits per heavy atom. The minimum atomic E-state index is 0.0879. The summed E-state index contributed by atoms with van der Waals surface area (Å²) in [5.41, 5.74) is 7.42. The number of rotatable bonds is 3. The van der Waals surface area contributed by atoms with E-state index < -0.39 is 0 Å². The van der Waals surface area contributed by atoms with Crippen LogP contribution in [0.4, 0.5) is 0 Å². The first-order valence-corrected chi connectivity index (χ1v) is 5.52. The molecule has 1 unspecified atom stereocenters. The van der Waals surface area contributed by atoms with E-state index in [9.17, 15) is 0 Å². The van der Waals surface area contributed by atoms with Crippen molar-refractivity contribution in [3.05, 3.63) is 36.0 Å². The van der Waals surface area contributed by atoms with Crippen molar-refractivity contribution in [2.24, 2.45) is 5.73 Å². The van der Waals surface area contributed by atoms with E-state index in [-0.39, 0.29) is 6.04 Å². The number of aryl methyl sites for hydroxylation is 1. The van der Waals surface area contributed by atoms with Crippen LogP contribution in [0.15, 0.2) is 24.5 Å². The Bertz CT molecular complexity index is 510. The number of nitrogens with zero attached hydrogens (tertiary/aromatic N) is 4. The molecule has 0 saturated carbocycles. The molecule has 88 valence electrons. The van der Waals surface area contributed by atoms with Crippen LogP contribution in [0.3, 0.4) is 0 Å². The molecule has 0 bridgehead atoms. The second-order valence-corrected chi connectivity index (χ2v) is 4.04. The average Bonchev–Trinajstić information content (AvgIpc) is 2.28. The van der Waals surface area contributed by atoms with Gasteiger partial charge in [-0.15, -0.1) is 0 Å². The van der Waals surface area contributed by atoms with Gasteiger partial charge in [-0.2, -0.15) is 0 Å². The molecule has 2 heterocycles. The highest BCUT2D eigenvalue weighted by Gasteiger charge is 2.06. The minimum absolute atomic E-state index is 0.0879. The topological polar surface area (TPSA) is 77.6 Å². The lowest BCUT2D eigenvalue weighted by Crippen LogP contribution is -2.18. The fraction of sp³-hybridized carbons (Fsp3) is 0.333. The summed E-state index contributed by atoms with van der Waals surface area (Å²) in [7, 11) is 0. The summed E-state index contributed by atoms with van der Waals surface area (Å²) in [4.78, 5) is 17.0. The molecule has 0 saturated heterocycles. The Balaban J connectivity index is 2.33. The van der Waals surface area contributed by atoms with Gasteiger partial charge in [0.25, 0.3) is 0 Å². The molecule has 0 radical (unpaired) electrons. The van der Waals surface area contributed by atoms with Gasteiger partial charge in [0.1, 0.15) is 11.5 Å². The van der Waals surface area contributed by atoms with E-state index in [1.807, 2.05) is 19.9 Å². The highest BCUT2D eigenvalue weighted by molar-refractivity contribution is 5.47. The van der Waals surface area contributed by atoms with Gasteiger partial charge < -0.3 is 5.73 Å². The summed E-state index contributed by atoms with van der Waals surface area (Å²) in [6.45, 7) is 3.80. The molecule has 0 spiro atoms. The normalized spacial score (nSPS) is 12.4. The minimum Gasteiger partial charge on any atom is -0.328 e. The van der Waals surface area contributed by atoms with Crippen LogP contribution in [0.2, 0.25) is 0 Å². The lowest BCUT2D eigenvalue weighted by Gasteiger charge is -2.05. The van der Waals surface area contributed by atoms with E-state index >= 15 is 0 Å². The molecule has 17 heavy (non-hydrogen) atoms. The molecule has 5 nitrogen and oxygen atoms in total. The summed E-state index contributed by atoms with van der Waals surface area (Å²) in [5.74, 6) is 1.33. The van der Waals surface area contributed by atoms with Gasteiger partial charge in [-0.1, -0.05) is 0 Å². The summed E-state index contributed by atoms with van der Waals surface area (Å²) in [6, 6.07) is 3.77. The standard InChI is InChI=1S/C12H15N5/c1-8(13)7-10-3-5-15-12(17-10)11-4-6-14-9(2)16-11/h3-6,8H,7,13H2,1-2H3. The Morgan fingerprint density at radius 2 is 1.94 bits per heavy atom. The Labute approximate surface area is 100 Å². The van der Waals surface area contributed by atoms with Gasteiger partial charge in [0.2, 0.25) is 0 Å². The Kier molecular flexibility index (Phi) is 3.39. The van der Waals surface area contributed by atoms with Crippen LogP contribution < -0.4 is 5.73 Å². The Morgan fingerprint density at radius 1 is 1.18 bits per heavy atom. The van der Waals surface area contributed by atoms with Crippen LogP contribution >= 0.6 is 0 Å². The fourth-order valence-electron chi connectivity index (χ4n) is 1.54. The van der Waals surface area contributed by atoms with Crippen molar-refractivity contribution in [1.29, 1.82) is 0 Å². The van der Waals surface area contributed by atoms with Gasteiger partial charge in [0.15, 0.2) is 5.82 Å². The Hall–Kier alpha value is -1.88. The van der Waals surface area contributed by atoms with Crippen LogP contribution in [0.1, 0.15) is 18.4 Å². The third kappa shape index (κ3) is 3.04. The van der Waals surface area contributed by atoms with Crippen LogP contribution in [0.25, 0.3) is 11.5 Å². The van der Waals surface area contributed by atoms with Gasteiger partial charge >= 0.3 is 0 Å². The van der Waals surface area contributed by atoms with Gasteiger partial charge in [-0.3, -0.25) is 0 Å². The third-order valence-electron chi connectivity index (χ3n) is 2.25. The number of hydrogen-bond donors (Lipinski definition) is 1. The molecule has 0 aliphatic rings. The van der Waals surface area contributed by atoms with E-state index in [1.165, 1.54) is 0 Å². The maximum Gasteiger partial charge on any atom is 0.178 e. The van der Waals surface area contributed by atoms with Crippen LogP contribution in [0, 0.1) is 6.92 Å². The van der Waals surface area contributed by atoms with E-state index in [0.29, 0.717) is 11.6 Å². The zero-order chi connectivity index (χ0) is 12.3. The predicted octanol–water partition coefficient (Wildman–Crippen LogP) is 1.13. The van der Waals surface area contributed by atoms with E-state index in [1.54, 1.807) is 18.5 Å². The molecule has 5 heteroatoms. The molecule has 2 N–H and O–H groups in total. The number of hydrogen-bond acceptors (Lipinski definition) is 5. The van der Waals surface area contributed by atoms with Crippen molar-refractivity contribution in [2.75, 3.05) is 0 Å². The number of aromatic nitrogens is 4. The lowest BCUT2D eigenvalue weighted by atomic mass is 10.2. The van der Waals surface area contributed by atoms with Gasteiger partial charge in [-0.25, -0.2) is 19.9 Å². The molecular formula is C12H15N5. The molecule has 0 amide bonds. The van der Waals surface area contributed by atoms with Crippen molar-refractivity contribution in [3.8, 4) is 11.5 Å². The first kappa shape index (κ1) is 11.6. The highest BCUT2D eigenvalue weighted by atomic mass is 14.9. The molecular weight excluding hydrogens is 214 g/mol. The zero-order valence-corrected chi connectivity index (χ0v) is 9.96. The lowest BCUT2D eigenvalue weighted by molar-refractivity contribution is 0.720. The van der Waals surface area contributed by atoms with Gasteiger partial charge in [0.05, 0.1) is 0 Å². The quantitative estimate of drug-likeness (QED) is 0.853. The first-order chi connectivity index (χ1) is 8.15. The smallest absolute Gasteiger partial charge is 0.178 e. The molecule has 0 fully saturated rings. The van der Waals surface area contributed by atoms with Crippen molar-refractivity contribution in [3.63, 3.8) is 0 Å². The predicted molar refractivity (Wildman–Crippen MR) is 65.1 cm³/mol.